The molecule has 0 aromatic heterocycles. The van der Waals surface area contributed by atoms with Gasteiger partial charge in [-0.3, -0.25) is 0 Å². The zero-order valence-electron chi connectivity index (χ0n) is 10.9. The van der Waals surface area contributed by atoms with Crippen molar-refractivity contribution >= 4 is 19.7 Å². The van der Waals surface area contributed by atoms with E-state index in [1.165, 1.54) is 19.3 Å². The summed E-state index contributed by atoms with van der Waals surface area (Å²) in [4.78, 5) is 0. The Bertz CT molecular complexity index is 338. The molecule has 17 heavy (non-hydrogen) atoms. The number of rotatable bonds is 5. The lowest BCUT2D eigenvalue weighted by molar-refractivity contribution is -0.0353. The second kappa shape index (κ2) is 5.89. The first-order chi connectivity index (χ1) is 7.70. The fraction of sp³-hybridized carbons (Fsp3) is 1.00. The van der Waals surface area contributed by atoms with Crippen molar-refractivity contribution in [3.8, 4) is 0 Å². The van der Waals surface area contributed by atoms with Crippen LogP contribution in [0.25, 0.3) is 0 Å². The van der Waals surface area contributed by atoms with Crippen LogP contribution in [0, 0.1) is 11.3 Å². The van der Waals surface area contributed by atoms with E-state index in [0.29, 0.717) is 12.5 Å². The number of hydrogen-bond acceptors (Lipinski definition) is 3. The Morgan fingerprint density at radius 2 is 1.88 bits per heavy atom. The van der Waals surface area contributed by atoms with E-state index in [4.69, 9.17) is 15.4 Å². The largest absolute Gasteiger partial charge is 0.377 e. The highest BCUT2D eigenvalue weighted by molar-refractivity contribution is 8.13. The lowest BCUT2D eigenvalue weighted by atomic mass is 9.87. The first-order valence-corrected chi connectivity index (χ1v) is 8.71. The molecule has 2 unspecified atom stereocenters. The highest BCUT2D eigenvalue weighted by Crippen LogP contribution is 2.29. The Kier molecular flexibility index (Phi) is 5.29. The fourth-order valence-corrected chi connectivity index (χ4v) is 4.27. The molecule has 0 bridgehead atoms. The molecule has 1 aliphatic carbocycles. The van der Waals surface area contributed by atoms with Gasteiger partial charge in [0.2, 0.25) is 9.05 Å². The molecule has 1 aliphatic rings. The third kappa shape index (κ3) is 6.07. The summed E-state index contributed by atoms with van der Waals surface area (Å²) in [5, 5.41) is 0. The molecular weight excluding hydrogens is 260 g/mol. The SMILES string of the molecule is CC1CCCCC1OCC(C)(C)CS(=O)(=O)Cl. The fourth-order valence-electron chi connectivity index (χ4n) is 2.37. The highest BCUT2D eigenvalue weighted by atomic mass is 35.7. The molecule has 0 aliphatic heterocycles. The van der Waals surface area contributed by atoms with Gasteiger partial charge >= 0.3 is 0 Å². The van der Waals surface area contributed by atoms with Gasteiger partial charge in [-0.15, -0.1) is 0 Å². The summed E-state index contributed by atoms with van der Waals surface area (Å²) >= 11 is 0. The van der Waals surface area contributed by atoms with Crippen LogP contribution < -0.4 is 0 Å². The number of ether oxygens (including phenoxy) is 1. The van der Waals surface area contributed by atoms with Crippen LogP contribution in [0.5, 0.6) is 0 Å². The number of hydrogen-bond donors (Lipinski definition) is 0. The summed E-state index contributed by atoms with van der Waals surface area (Å²) in [6, 6.07) is 0. The molecule has 1 fully saturated rings. The first kappa shape index (κ1) is 15.3. The Morgan fingerprint density at radius 3 is 2.41 bits per heavy atom. The van der Waals surface area contributed by atoms with Gasteiger partial charge in [0, 0.05) is 16.1 Å². The van der Waals surface area contributed by atoms with Crippen molar-refractivity contribution in [3.05, 3.63) is 0 Å². The summed E-state index contributed by atoms with van der Waals surface area (Å²) in [6.45, 7) is 6.41. The molecule has 0 aromatic rings. The van der Waals surface area contributed by atoms with Crippen molar-refractivity contribution in [2.45, 2.75) is 52.6 Å². The van der Waals surface area contributed by atoms with Crippen LogP contribution in [0.4, 0.5) is 0 Å². The van der Waals surface area contributed by atoms with E-state index in [0.717, 1.165) is 6.42 Å². The predicted molar refractivity (Wildman–Crippen MR) is 70.8 cm³/mol. The molecule has 0 heterocycles. The summed E-state index contributed by atoms with van der Waals surface area (Å²) in [5.74, 6) is 0.537. The van der Waals surface area contributed by atoms with E-state index >= 15 is 0 Å². The van der Waals surface area contributed by atoms with Crippen molar-refractivity contribution in [1.82, 2.24) is 0 Å². The molecule has 0 N–H and O–H groups in total. The average Bonchev–Trinajstić information content (AvgIpc) is 2.13. The minimum absolute atomic E-state index is 0.0390. The molecule has 0 spiro atoms. The smallest absolute Gasteiger partial charge is 0.233 e. The van der Waals surface area contributed by atoms with Crippen LogP contribution in [0.1, 0.15) is 46.5 Å². The first-order valence-electron chi connectivity index (χ1n) is 6.23. The normalized spacial score (nSPS) is 27.1. The minimum Gasteiger partial charge on any atom is -0.377 e. The molecule has 102 valence electrons. The Morgan fingerprint density at radius 1 is 1.29 bits per heavy atom. The molecule has 2 atom stereocenters. The quantitative estimate of drug-likeness (QED) is 0.728. The lowest BCUT2D eigenvalue weighted by Crippen LogP contribution is -2.33. The third-order valence-corrected chi connectivity index (χ3v) is 4.74. The Hall–Kier alpha value is 0.200. The Labute approximate surface area is 109 Å². The summed E-state index contributed by atoms with van der Waals surface area (Å²) in [6.07, 6.45) is 5.06. The molecule has 0 saturated heterocycles. The van der Waals surface area contributed by atoms with Crippen molar-refractivity contribution in [3.63, 3.8) is 0 Å². The maximum atomic E-state index is 11.1. The summed E-state index contributed by atoms with van der Waals surface area (Å²) < 4.78 is 28.0. The van der Waals surface area contributed by atoms with Gasteiger partial charge in [-0.05, 0) is 18.8 Å². The van der Waals surface area contributed by atoms with Gasteiger partial charge in [0.15, 0.2) is 0 Å². The van der Waals surface area contributed by atoms with Gasteiger partial charge < -0.3 is 4.74 Å². The molecule has 1 rings (SSSR count). The Balaban J connectivity index is 2.43. The zero-order chi connectivity index (χ0) is 13.1. The van der Waals surface area contributed by atoms with E-state index in [9.17, 15) is 8.42 Å². The topological polar surface area (TPSA) is 43.4 Å². The van der Waals surface area contributed by atoms with Gasteiger partial charge in [-0.25, -0.2) is 8.42 Å². The predicted octanol–water partition coefficient (Wildman–Crippen LogP) is 3.18. The lowest BCUT2D eigenvalue weighted by Gasteiger charge is -2.32. The van der Waals surface area contributed by atoms with Crippen LogP contribution in [0.3, 0.4) is 0 Å². The van der Waals surface area contributed by atoms with Gasteiger partial charge in [-0.2, -0.15) is 0 Å². The third-order valence-electron chi connectivity index (χ3n) is 3.28. The van der Waals surface area contributed by atoms with E-state index in [2.05, 4.69) is 6.92 Å². The van der Waals surface area contributed by atoms with Crippen LogP contribution in [-0.4, -0.2) is 26.9 Å². The highest BCUT2D eigenvalue weighted by Gasteiger charge is 2.29. The standard InChI is InChI=1S/C12H23ClO3S/c1-10-6-4-5-7-11(10)16-8-12(2,3)9-17(13,14)15/h10-11H,4-9H2,1-3H3. The minimum atomic E-state index is -3.46. The van der Waals surface area contributed by atoms with Gasteiger partial charge in [-0.1, -0.05) is 33.6 Å². The maximum absolute atomic E-state index is 11.1. The van der Waals surface area contributed by atoms with E-state index < -0.39 is 14.5 Å². The van der Waals surface area contributed by atoms with Crippen LogP contribution in [0.2, 0.25) is 0 Å². The average molecular weight is 283 g/mol. The van der Waals surface area contributed by atoms with Crippen molar-refractivity contribution in [2.24, 2.45) is 11.3 Å². The second-order valence-electron chi connectivity index (χ2n) is 5.96. The van der Waals surface area contributed by atoms with Crippen LogP contribution in [-0.2, 0) is 13.8 Å². The molecule has 0 aromatic carbocycles. The zero-order valence-corrected chi connectivity index (χ0v) is 12.5. The molecule has 1 saturated carbocycles. The van der Waals surface area contributed by atoms with Crippen LogP contribution >= 0.6 is 10.7 Å². The van der Waals surface area contributed by atoms with E-state index in [1.54, 1.807) is 0 Å². The van der Waals surface area contributed by atoms with Gasteiger partial charge in [0.05, 0.1) is 18.5 Å². The van der Waals surface area contributed by atoms with E-state index in [-0.39, 0.29) is 11.9 Å². The summed E-state index contributed by atoms with van der Waals surface area (Å²) in [7, 11) is 1.83. The molecule has 5 heteroatoms. The molecule has 3 nitrogen and oxygen atoms in total. The summed E-state index contributed by atoms with van der Waals surface area (Å²) in [5.41, 5.74) is -0.419. The van der Waals surface area contributed by atoms with Crippen molar-refractivity contribution < 1.29 is 13.2 Å². The number of halogens is 1. The molecule has 0 amide bonds. The van der Waals surface area contributed by atoms with Gasteiger partial charge in [0.25, 0.3) is 0 Å². The van der Waals surface area contributed by atoms with Crippen molar-refractivity contribution in [2.75, 3.05) is 12.4 Å². The van der Waals surface area contributed by atoms with Crippen LogP contribution in [0.15, 0.2) is 0 Å². The van der Waals surface area contributed by atoms with Gasteiger partial charge in [0.1, 0.15) is 0 Å². The molecular formula is C12H23ClO3S. The molecule has 0 radical (unpaired) electrons. The monoisotopic (exact) mass is 282 g/mol. The van der Waals surface area contributed by atoms with E-state index in [1.807, 2.05) is 13.8 Å². The van der Waals surface area contributed by atoms with Crippen molar-refractivity contribution in [1.29, 1.82) is 0 Å². The maximum Gasteiger partial charge on any atom is 0.233 e. The second-order valence-corrected chi connectivity index (χ2v) is 8.74.